The molecule has 112 valence electrons. The fraction of sp³-hybridized carbons (Fsp3) is 0.647. The second-order valence-corrected chi connectivity index (χ2v) is 5.52. The van der Waals surface area contributed by atoms with Crippen molar-refractivity contribution in [3.8, 4) is 5.75 Å². The Morgan fingerprint density at radius 1 is 1.15 bits per heavy atom. The highest BCUT2D eigenvalue weighted by atomic mass is 16.5. The lowest BCUT2D eigenvalue weighted by Gasteiger charge is -2.23. The lowest BCUT2D eigenvalue weighted by molar-refractivity contribution is 0.108. The number of hydrogen-bond acceptors (Lipinski definition) is 3. The Labute approximate surface area is 122 Å². The SMILES string of the molecule is Cc1ccccc1OCCCOCCC1CCCCN1. The fourth-order valence-corrected chi connectivity index (χ4v) is 2.56. The summed E-state index contributed by atoms with van der Waals surface area (Å²) in [6.07, 6.45) is 6.08. The maximum Gasteiger partial charge on any atom is 0.122 e. The minimum atomic E-state index is 0.673. The largest absolute Gasteiger partial charge is 0.493 e. The molecular weight excluding hydrogens is 250 g/mol. The first kappa shape index (κ1) is 15.3. The van der Waals surface area contributed by atoms with E-state index < -0.39 is 0 Å². The lowest BCUT2D eigenvalue weighted by Crippen LogP contribution is -2.34. The van der Waals surface area contributed by atoms with Crippen molar-refractivity contribution >= 4 is 0 Å². The molecule has 0 amide bonds. The first-order valence-corrected chi connectivity index (χ1v) is 7.86. The summed E-state index contributed by atoms with van der Waals surface area (Å²) in [7, 11) is 0. The van der Waals surface area contributed by atoms with Gasteiger partial charge < -0.3 is 14.8 Å². The van der Waals surface area contributed by atoms with Crippen LogP contribution in [0.5, 0.6) is 5.75 Å². The van der Waals surface area contributed by atoms with Crippen LogP contribution in [-0.2, 0) is 4.74 Å². The summed E-state index contributed by atoms with van der Waals surface area (Å²) in [4.78, 5) is 0. The molecule has 1 aliphatic heterocycles. The maximum atomic E-state index is 5.74. The summed E-state index contributed by atoms with van der Waals surface area (Å²) >= 11 is 0. The molecule has 1 aliphatic rings. The van der Waals surface area contributed by atoms with Crippen molar-refractivity contribution in [2.24, 2.45) is 0 Å². The zero-order chi connectivity index (χ0) is 14.0. The Hall–Kier alpha value is -1.06. The molecule has 3 heteroatoms. The van der Waals surface area contributed by atoms with E-state index in [1.165, 1.54) is 31.4 Å². The van der Waals surface area contributed by atoms with Gasteiger partial charge in [-0.25, -0.2) is 0 Å². The predicted octanol–water partition coefficient (Wildman–Crippen LogP) is 3.31. The molecule has 1 N–H and O–H groups in total. The van der Waals surface area contributed by atoms with Gasteiger partial charge in [0.05, 0.1) is 6.61 Å². The topological polar surface area (TPSA) is 30.5 Å². The van der Waals surface area contributed by atoms with Crippen LogP contribution in [-0.4, -0.2) is 32.4 Å². The van der Waals surface area contributed by atoms with Crippen LogP contribution in [0.1, 0.15) is 37.7 Å². The first-order chi connectivity index (χ1) is 9.86. The van der Waals surface area contributed by atoms with Crippen molar-refractivity contribution in [1.82, 2.24) is 5.32 Å². The van der Waals surface area contributed by atoms with E-state index in [4.69, 9.17) is 9.47 Å². The highest BCUT2D eigenvalue weighted by Crippen LogP contribution is 2.16. The Morgan fingerprint density at radius 2 is 2.05 bits per heavy atom. The van der Waals surface area contributed by atoms with Gasteiger partial charge >= 0.3 is 0 Å². The quantitative estimate of drug-likeness (QED) is 0.739. The van der Waals surface area contributed by atoms with Gasteiger partial charge in [0, 0.05) is 25.7 Å². The third-order valence-electron chi connectivity index (χ3n) is 3.81. The van der Waals surface area contributed by atoms with Crippen molar-refractivity contribution in [3.05, 3.63) is 29.8 Å². The number of piperidine rings is 1. The van der Waals surface area contributed by atoms with Crippen LogP contribution in [0.4, 0.5) is 0 Å². The fourth-order valence-electron chi connectivity index (χ4n) is 2.56. The molecule has 0 aromatic heterocycles. The van der Waals surface area contributed by atoms with Crippen LogP contribution in [0.3, 0.4) is 0 Å². The molecule has 3 nitrogen and oxygen atoms in total. The molecule has 0 aliphatic carbocycles. The van der Waals surface area contributed by atoms with E-state index in [1.807, 2.05) is 18.2 Å². The van der Waals surface area contributed by atoms with Crippen LogP contribution < -0.4 is 10.1 Å². The van der Waals surface area contributed by atoms with E-state index in [-0.39, 0.29) is 0 Å². The number of rotatable bonds is 8. The summed E-state index contributed by atoms with van der Waals surface area (Å²) < 4.78 is 11.4. The Kier molecular flexibility index (Phi) is 6.89. The molecule has 1 atom stereocenters. The third-order valence-corrected chi connectivity index (χ3v) is 3.81. The van der Waals surface area contributed by atoms with Gasteiger partial charge in [0.2, 0.25) is 0 Å². The number of benzene rings is 1. The molecule has 0 radical (unpaired) electrons. The average Bonchev–Trinajstić information content (AvgIpc) is 2.49. The number of hydrogen-bond donors (Lipinski definition) is 1. The summed E-state index contributed by atoms with van der Waals surface area (Å²) in [5, 5.41) is 3.54. The number of ether oxygens (including phenoxy) is 2. The molecular formula is C17H27NO2. The van der Waals surface area contributed by atoms with E-state index in [2.05, 4.69) is 18.3 Å². The van der Waals surface area contributed by atoms with E-state index in [9.17, 15) is 0 Å². The molecule has 0 saturated carbocycles. The van der Waals surface area contributed by atoms with E-state index in [0.29, 0.717) is 6.04 Å². The standard InChI is InChI=1S/C17H27NO2/c1-15-7-2-3-9-17(15)20-13-6-12-19-14-10-16-8-4-5-11-18-16/h2-3,7,9,16,18H,4-6,8,10-14H2,1H3. The molecule has 1 saturated heterocycles. The highest BCUT2D eigenvalue weighted by molar-refractivity contribution is 5.31. The summed E-state index contributed by atoms with van der Waals surface area (Å²) in [5.41, 5.74) is 1.19. The van der Waals surface area contributed by atoms with Crippen LogP contribution in [0.25, 0.3) is 0 Å². The van der Waals surface area contributed by atoms with Gasteiger partial charge in [0.25, 0.3) is 0 Å². The number of nitrogens with one attached hydrogen (secondary N) is 1. The van der Waals surface area contributed by atoms with Gasteiger partial charge in [0.15, 0.2) is 0 Å². The molecule has 1 fully saturated rings. The molecule has 0 bridgehead atoms. The van der Waals surface area contributed by atoms with Gasteiger partial charge in [0.1, 0.15) is 5.75 Å². The molecule has 1 aromatic carbocycles. The zero-order valence-electron chi connectivity index (χ0n) is 12.6. The smallest absolute Gasteiger partial charge is 0.122 e. The second-order valence-electron chi connectivity index (χ2n) is 5.52. The Morgan fingerprint density at radius 3 is 2.85 bits per heavy atom. The average molecular weight is 277 g/mol. The monoisotopic (exact) mass is 277 g/mol. The third kappa shape index (κ3) is 5.51. The van der Waals surface area contributed by atoms with Crippen molar-refractivity contribution in [3.63, 3.8) is 0 Å². The normalized spacial score (nSPS) is 18.9. The van der Waals surface area contributed by atoms with Gasteiger partial charge in [-0.3, -0.25) is 0 Å². The number of para-hydroxylation sites is 1. The zero-order valence-corrected chi connectivity index (χ0v) is 12.6. The van der Waals surface area contributed by atoms with Crippen molar-refractivity contribution in [1.29, 1.82) is 0 Å². The number of aryl methyl sites for hydroxylation is 1. The molecule has 0 spiro atoms. The summed E-state index contributed by atoms with van der Waals surface area (Å²) in [6, 6.07) is 8.81. The minimum Gasteiger partial charge on any atom is -0.493 e. The van der Waals surface area contributed by atoms with Crippen LogP contribution in [0.2, 0.25) is 0 Å². The van der Waals surface area contributed by atoms with Gasteiger partial charge in [-0.2, -0.15) is 0 Å². The molecule has 1 heterocycles. The lowest BCUT2D eigenvalue weighted by atomic mass is 10.0. The second kappa shape index (κ2) is 8.98. The van der Waals surface area contributed by atoms with Crippen molar-refractivity contribution in [2.75, 3.05) is 26.4 Å². The van der Waals surface area contributed by atoms with E-state index in [0.717, 1.165) is 38.4 Å². The molecule has 20 heavy (non-hydrogen) atoms. The van der Waals surface area contributed by atoms with Gasteiger partial charge in [-0.15, -0.1) is 0 Å². The molecule has 1 unspecified atom stereocenters. The first-order valence-electron chi connectivity index (χ1n) is 7.86. The Balaban J connectivity index is 1.46. The van der Waals surface area contributed by atoms with Crippen molar-refractivity contribution < 1.29 is 9.47 Å². The van der Waals surface area contributed by atoms with Crippen molar-refractivity contribution in [2.45, 2.75) is 45.1 Å². The van der Waals surface area contributed by atoms with Crippen LogP contribution in [0.15, 0.2) is 24.3 Å². The van der Waals surface area contributed by atoms with E-state index >= 15 is 0 Å². The van der Waals surface area contributed by atoms with Gasteiger partial charge in [-0.05, 0) is 44.4 Å². The van der Waals surface area contributed by atoms with Crippen LogP contribution in [0, 0.1) is 6.92 Å². The summed E-state index contributed by atoms with van der Waals surface area (Å²) in [5.74, 6) is 0.985. The molecule has 2 rings (SSSR count). The summed E-state index contributed by atoms with van der Waals surface area (Å²) in [6.45, 7) is 5.63. The maximum absolute atomic E-state index is 5.74. The predicted molar refractivity (Wildman–Crippen MR) is 82.4 cm³/mol. The van der Waals surface area contributed by atoms with E-state index in [1.54, 1.807) is 0 Å². The van der Waals surface area contributed by atoms with Gasteiger partial charge in [-0.1, -0.05) is 24.6 Å². The molecule has 1 aromatic rings. The Bertz CT molecular complexity index is 375. The highest BCUT2D eigenvalue weighted by Gasteiger charge is 2.11. The van der Waals surface area contributed by atoms with Crippen LogP contribution >= 0.6 is 0 Å². The minimum absolute atomic E-state index is 0.673.